The summed E-state index contributed by atoms with van der Waals surface area (Å²) < 4.78 is 11.1. The van der Waals surface area contributed by atoms with Gasteiger partial charge in [0.1, 0.15) is 17.2 Å². The Morgan fingerprint density at radius 1 is 1.35 bits per heavy atom. The van der Waals surface area contributed by atoms with Crippen molar-refractivity contribution >= 4 is 39.3 Å². The zero-order valence-corrected chi connectivity index (χ0v) is 15.4. The molecule has 8 heteroatoms. The van der Waals surface area contributed by atoms with E-state index in [1.807, 2.05) is 0 Å². The predicted octanol–water partition coefficient (Wildman–Crippen LogP) is 2.02. The molecule has 0 saturated carbocycles. The summed E-state index contributed by atoms with van der Waals surface area (Å²) >= 11 is 3.39. The van der Waals surface area contributed by atoms with Gasteiger partial charge < -0.3 is 20.5 Å². The fraction of sp³-hybridized carbons (Fsp3) is 0.278. The fourth-order valence-corrected chi connectivity index (χ4v) is 4.30. The van der Waals surface area contributed by atoms with E-state index in [0.29, 0.717) is 34.3 Å². The second-order valence-corrected chi connectivity index (χ2v) is 7.23. The molecular formula is C18H15BrN2O5. The number of nitrogens with two attached hydrogens (primary N) is 1. The number of Topliss-reactive ketones (excluding diaryl/α,β-unsaturated/α-hetero) is 1. The summed E-state index contributed by atoms with van der Waals surface area (Å²) in [6.45, 7) is 0. The number of hydrogen-bond acceptors (Lipinski definition) is 7. The van der Waals surface area contributed by atoms with Crippen LogP contribution in [-0.4, -0.2) is 24.8 Å². The smallest absolute Gasteiger partial charge is 0.339 e. The Hall–Kier alpha value is -2.61. The Kier molecular flexibility index (Phi) is 3.69. The number of fused-ring (bicyclic) bond motifs is 3. The van der Waals surface area contributed by atoms with Gasteiger partial charge in [0.05, 0.1) is 12.7 Å². The average Bonchev–Trinajstić information content (AvgIpc) is 2.89. The van der Waals surface area contributed by atoms with Gasteiger partial charge in [-0.25, -0.2) is 9.59 Å². The third-order valence-electron chi connectivity index (χ3n) is 4.95. The van der Waals surface area contributed by atoms with E-state index in [1.54, 1.807) is 18.2 Å². The summed E-state index contributed by atoms with van der Waals surface area (Å²) in [5.74, 6) is -1.44. The average molecular weight is 419 g/mol. The Labute approximate surface area is 157 Å². The van der Waals surface area contributed by atoms with Crippen LogP contribution in [0.25, 0.3) is 0 Å². The Bertz CT molecular complexity index is 949. The minimum Gasteiger partial charge on any atom is -0.466 e. The highest BCUT2D eigenvalue weighted by Gasteiger charge is 2.62. The van der Waals surface area contributed by atoms with Crippen molar-refractivity contribution in [3.05, 3.63) is 51.0 Å². The first-order valence-electron chi connectivity index (χ1n) is 8.06. The van der Waals surface area contributed by atoms with Crippen LogP contribution in [0.15, 0.2) is 45.4 Å². The molecule has 0 radical (unpaired) electrons. The predicted molar refractivity (Wildman–Crippen MR) is 94.6 cm³/mol. The quantitative estimate of drug-likeness (QED) is 0.671. The van der Waals surface area contributed by atoms with Crippen molar-refractivity contribution in [1.29, 1.82) is 0 Å². The van der Waals surface area contributed by atoms with Crippen molar-refractivity contribution in [1.82, 2.24) is 0 Å². The van der Waals surface area contributed by atoms with Gasteiger partial charge in [-0.3, -0.25) is 4.79 Å². The first-order valence-corrected chi connectivity index (χ1v) is 8.85. The van der Waals surface area contributed by atoms with Gasteiger partial charge in [0.2, 0.25) is 0 Å². The molecule has 3 N–H and O–H groups in total. The first kappa shape index (κ1) is 16.8. The number of allylic oxidation sites excluding steroid dienone is 1. The lowest BCUT2D eigenvalue weighted by molar-refractivity contribution is -0.145. The molecule has 1 unspecified atom stereocenters. The van der Waals surface area contributed by atoms with Crippen LogP contribution in [0.5, 0.6) is 0 Å². The third-order valence-corrected chi connectivity index (χ3v) is 5.44. The van der Waals surface area contributed by atoms with Crippen molar-refractivity contribution in [2.24, 2.45) is 5.73 Å². The SMILES string of the molecule is COC(=O)C1=C(N)Nc2ccc(Br)cc2C12C(=O)OC1=C2C(=O)CCC1. The normalized spacial score (nSPS) is 24.2. The second kappa shape index (κ2) is 5.70. The summed E-state index contributed by atoms with van der Waals surface area (Å²) in [4.78, 5) is 38.6. The van der Waals surface area contributed by atoms with Crippen LogP contribution < -0.4 is 11.1 Å². The number of benzene rings is 1. The molecule has 1 aromatic rings. The van der Waals surface area contributed by atoms with E-state index in [1.165, 1.54) is 7.11 Å². The second-order valence-electron chi connectivity index (χ2n) is 6.31. The number of ether oxygens (including phenoxy) is 2. The zero-order valence-electron chi connectivity index (χ0n) is 13.8. The zero-order chi connectivity index (χ0) is 18.6. The van der Waals surface area contributed by atoms with Gasteiger partial charge in [-0.05, 0) is 24.6 Å². The summed E-state index contributed by atoms with van der Waals surface area (Å²) in [6.07, 6.45) is 1.33. The van der Waals surface area contributed by atoms with Crippen molar-refractivity contribution < 1.29 is 23.9 Å². The lowest BCUT2D eigenvalue weighted by Crippen LogP contribution is -2.47. The number of nitrogens with one attached hydrogen (secondary N) is 1. The Morgan fingerprint density at radius 2 is 2.12 bits per heavy atom. The van der Waals surface area contributed by atoms with Gasteiger partial charge in [-0.2, -0.15) is 0 Å². The number of ketones is 1. The number of methoxy groups -OCH3 is 1. The van der Waals surface area contributed by atoms with Gasteiger partial charge in [0.25, 0.3) is 0 Å². The van der Waals surface area contributed by atoms with E-state index in [-0.39, 0.29) is 29.2 Å². The number of halogens is 1. The van der Waals surface area contributed by atoms with E-state index < -0.39 is 17.4 Å². The van der Waals surface area contributed by atoms with E-state index in [2.05, 4.69) is 21.2 Å². The lowest BCUT2D eigenvalue weighted by Gasteiger charge is -2.36. The summed E-state index contributed by atoms with van der Waals surface area (Å²) in [5.41, 5.74) is 5.44. The van der Waals surface area contributed by atoms with E-state index in [0.717, 1.165) is 0 Å². The molecule has 1 spiro atoms. The minimum atomic E-state index is -1.71. The molecule has 2 heterocycles. The van der Waals surface area contributed by atoms with Gasteiger partial charge >= 0.3 is 11.9 Å². The molecule has 7 nitrogen and oxygen atoms in total. The maximum atomic E-state index is 13.2. The van der Waals surface area contributed by atoms with Crippen molar-refractivity contribution in [2.75, 3.05) is 12.4 Å². The molecule has 0 amide bonds. The van der Waals surface area contributed by atoms with Crippen molar-refractivity contribution in [2.45, 2.75) is 24.7 Å². The molecule has 134 valence electrons. The summed E-state index contributed by atoms with van der Waals surface area (Å²) in [7, 11) is 1.20. The van der Waals surface area contributed by atoms with Crippen LogP contribution in [0.4, 0.5) is 5.69 Å². The van der Waals surface area contributed by atoms with E-state index in [4.69, 9.17) is 15.2 Å². The van der Waals surface area contributed by atoms with Crippen LogP contribution in [0, 0.1) is 0 Å². The number of rotatable bonds is 1. The van der Waals surface area contributed by atoms with Gasteiger partial charge in [-0.15, -0.1) is 0 Å². The third kappa shape index (κ3) is 2.02. The van der Waals surface area contributed by atoms with Crippen molar-refractivity contribution in [3.63, 3.8) is 0 Å². The molecule has 0 bridgehead atoms. The van der Waals surface area contributed by atoms with Crippen LogP contribution in [-0.2, 0) is 29.3 Å². The fourth-order valence-electron chi connectivity index (χ4n) is 3.94. The molecule has 0 aromatic heterocycles. The number of hydrogen-bond donors (Lipinski definition) is 2. The van der Waals surface area contributed by atoms with Gasteiger partial charge in [0.15, 0.2) is 11.2 Å². The lowest BCUT2D eigenvalue weighted by atomic mass is 9.64. The molecule has 1 atom stereocenters. The van der Waals surface area contributed by atoms with Crippen molar-refractivity contribution in [3.8, 4) is 0 Å². The molecule has 3 aliphatic rings. The number of esters is 2. The minimum absolute atomic E-state index is 0.0317. The molecule has 0 fully saturated rings. The molecule has 0 saturated heterocycles. The highest BCUT2D eigenvalue weighted by molar-refractivity contribution is 9.10. The maximum Gasteiger partial charge on any atom is 0.339 e. The van der Waals surface area contributed by atoms with Crippen LogP contribution in [0.3, 0.4) is 0 Å². The largest absolute Gasteiger partial charge is 0.466 e. The number of carbonyl (C=O) groups excluding carboxylic acids is 3. The molecular weight excluding hydrogens is 404 g/mol. The summed E-state index contributed by atoms with van der Waals surface area (Å²) in [5, 5.41) is 2.93. The van der Waals surface area contributed by atoms with Gasteiger partial charge in [-0.1, -0.05) is 15.9 Å². The number of carbonyl (C=O) groups is 3. The molecule has 1 aromatic carbocycles. The highest BCUT2D eigenvalue weighted by atomic mass is 79.9. The monoisotopic (exact) mass is 418 g/mol. The van der Waals surface area contributed by atoms with Gasteiger partial charge in [0, 0.05) is 28.6 Å². The Morgan fingerprint density at radius 3 is 2.85 bits per heavy atom. The summed E-state index contributed by atoms with van der Waals surface area (Å²) in [6, 6.07) is 5.19. The molecule has 1 aliphatic carbocycles. The molecule has 26 heavy (non-hydrogen) atoms. The molecule has 4 rings (SSSR count). The standard InChI is InChI=1S/C18H15BrN2O5/c1-25-16(23)14-15(20)21-10-6-5-8(19)7-9(10)18(14)13-11(22)3-2-4-12(13)26-17(18)24/h5-7,21H,2-4,20H2,1H3. The van der Waals surface area contributed by atoms with Crippen LogP contribution in [0.1, 0.15) is 24.8 Å². The number of anilines is 1. The van der Waals surface area contributed by atoms with E-state index >= 15 is 0 Å². The van der Waals surface area contributed by atoms with E-state index in [9.17, 15) is 14.4 Å². The van der Waals surface area contributed by atoms with Crippen LogP contribution >= 0.6 is 15.9 Å². The topological polar surface area (TPSA) is 108 Å². The highest BCUT2D eigenvalue weighted by Crippen LogP contribution is 2.54. The van der Waals surface area contributed by atoms with Crippen LogP contribution in [0.2, 0.25) is 0 Å². The molecule has 2 aliphatic heterocycles. The maximum absolute atomic E-state index is 13.2. The Balaban J connectivity index is 2.13. The first-order chi connectivity index (χ1) is 12.4.